The van der Waals surface area contributed by atoms with E-state index in [9.17, 15) is 18.0 Å². The molecule has 0 spiro atoms. The van der Waals surface area contributed by atoms with Crippen molar-refractivity contribution in [3.05, 3.63) is 72.3 Å². The van der Waals surface area contributed by atoms with Crippen molar-refractivity contribution in [3.63, 3.8) is 0 Å². The standard InChI is InChI=1S/C20H16F3N7O/c1-24-17-9-15(27-12-5-3-2-4-6-12)18-26-11-16(30(18)29-17)19(31)28-14-7-8-25-10-13(14)20(21,22)23/h2-11,27H,1H3,(H,24,29)(H,25,28,31). The number of hydrogen-bond donors (Lipinski definition) is 3. The first-order valence-electron chi connectivity index (χ1n) is 9.08. The Hall–Kier alpha value is -4.15. The zero-order chi connectivity index (χ0) is 22.0. The largest absolute Gasteiger partial charge is 0.419 e. The molecule has 0 saturated carbocycles. The Morgan fingerprint density at radius 3 is 2.55 bits per heavy atom. The number of benzene rings is 1. The number of amides is 1. The highest BCUT2D eigenvalue weighted by atomic mass is 19.4. The molecule has 4 rings (SSSR count). The van der Waals surface area contributed by atoms with Gasteiger partial charge in [-0.15, -0.1) is 5.10 Å². The minimum atomic E-state index is -4.67. The fourth-order valence-corrected chi connectivity index (χ4v) is 2.93. The Morgan fingerprint density at radius 2 is 1.84 bits per heavy atom. The Bertz CT molecular complexity index is 1240. The van der Waals surface area contributed by atoms with Crippen LogP contribution in [0.15, 0.2) is 61.1 Å². The maximum absolute atomic E-state index is 13.2. The summed E-state index contributed by atoms with van der Waals surface area (Å²) < 4.78 is 40.9. The van der Waals surface area contributed by atoms with Crippen LogP contribution in [0.4, 0.5) is 36.1 Å². The zero-order valence-corrected chi connectivity index (χ0v) is 16.1. The fraction of sp³-hybridized carbons (Fsp3) is 0.100. The second-order valence-electron chi connectivity index (χ2n) is 6.44. The molecule has 0 radical (unpaired) electrons. The van der Waals surface area contributed by atoms with Gasteiger partial charge in [0.1, 0.15) is 5.82 Å². The topological polar surface area (TPSA) is 96.2 Å². The van der Waals surface area contributed by atoms with E-state index in [1.165, 1.54) is 16.9 Å². The van der Waals surface area contributed by atoms with Gasteiger partial charge in [0.15, 0.2) is 11.3 Å². The molecule has 11 heteroatoms. The van der Waals surface area contributed by atoms with Crippen LogP contribution in [0.5, 0.6) is 0 Å². The molecule has 0 aliphatic carbocycles. The molecule has 0 fully saturated rings. The van der Waals surface area contributed by atoms with E-state index >= 15 is 0 Å². The number of fused-ring (bicyclic) bond motifs is 1. The third-order valence-corrected chi connectivity index (χ3v) is 4.38. The van der Waals surface area contributed by atoms with Gasteiger partial charge in [-0.3, -0.25) is 9.78 Å². The molecule has 3 heterocycles. The lowest BCUT2D eigenvalue weighted by Gasteiger charge is -2.13. The highest BCUT2D eigenvalue weighted by Crippen LogP contribution is 2.34. The fourth-order valence-electron chi connectivity index (χ4n) is 2.93. The van der Waals surface area contributed by atoms with Crippen LogP contribution >= 0.6 is 0 Å². The molecular weight excluding hydrogens is 411 g/mol. The van der Waals surface area contributed by atoms with Crippen molar-refractivity contribution in [1.29, 1.82) is 0 Å². The zero-order valence-electron chi connectivity index (χ0n) is 16.1. The van der Waals surface area contributed by atoms with Crippen molar-refractivity contribution in [3.8, 4) is 0 Å². The summed E-state index contributed by atoms with van der Waals surface area (Å²) in [5.41, 5.74) is 0.192. The second-order valence-corrected chi connectivity index (χ2v) is 6.44. The van der Waals surface area contributed by atoms with E-state index in [1.807, 2.05) is 30.3 Å². The Labute approximate surface area is 174 Å². The van der Waals surface area contributed by atoms with Crippen LogP contribution in [0.25, 0.3) is 5.65 Å². The highest BCUT2D eigenvalue weighted by molar-refractivity contribution is 6.04. The van der Waals surface area contributed by atoms with E-state index in [2.05, 4.69) is 31.0 Å². The number of anilines is 4. The number of hydrogen-bond acceptors (Lipinski definition) is 6. The van der Waals surface area contributed by atoms with E-state index in [0.29, 0.717) is 23.3 Å². The van der Waals surface area contributed by atoms with Crippen LogP contribution in [-0.2, 0) is 6.18 Å². The number of pyridine rings is 1. The lowest BCUT2D eigenvalue weighted by Crippen LogP contribution is -2.19. The molecule has 4 aromatic rings. The van der Waals surface area contributed by atoms with Crippen LogP contribution < -0.4 is 16.0 Å². The van der Waals surface area contributed by atoms with Gasteiger partial charge in [-0.25, -0.2) is 9.50 Å². The normalized spacial score (nSPS) is 11.4. The summed E-state index contributed by atoms with van der Waals surface area (Å²) >= 11 is 0. The molecule has 0 atom stereocenters. The minimum Gasteiger partial charge on any atom is -0.372 e. The summed E-state index contributed by atoms with van der Waals surface area (Å²) in [7, 11) is 1.66. The Kier molecular flexibility index (Phi) is 5.15. The van der Waals surface area contributed by atoms with Gasteiger partial charge in [-0.1, -0.05) is 18.2 Å². The number of rotatable bonds is 5. The summed E-state index contributed by atoms with van der Waals surface area (Å²) in [6.45, 7) is 0. The first-order valence-corrected chi connectivity index (χ1v) is 9.08. The molecule has 8 nitrogen and oxygen atoms in total. The number of imidazole rings is 1. The van der Waals surface area contributed by atoms with Crippen molar-refractivity contribution in [2.75, 3.05) is 23.0 Å². The van der Waals surface area contributed by atoms with Gasteiger partial charge in [0, 0.05) is 31.2 Å². The van der Waals surface area contributed by atoms with Gasteiger partial charge in [-0.2, -0.15) is 13.2 Å². The van der Waals surface area contributed by atoms with Crippen LogP contribution in [-0.4, -0.2) is 32.5 Å². The summed E-state index contributed by atoms with van der Waals surface area (Å²) in [6, 6.07) is 12.1. The van der Waals surface area contributed by atoms with E-state index in [4.69, 9.17) is 0 Å². The molecule has 158 valence electrons. The Balaban J connectivity index is 1.72. The maximum Gasteiger partial charge on any atom is 0.419 e. The molecule has 0 saturated heterocycles. The molecule has 0 unspecified atom stereocenters. The van der Waals surface area contributed by atoms with Gasteiger partial charge < -0.3 is 16.0 Å². The van der Waals surface area contributed by atoms with Gasteiger partial charge in [0.05, 0.1) is 23.1 Å². The van der Waals surface area contributed by atoms with Gasteiger partial charge in [0.25, 0.3) is 5.91 Å². The molecule has 1 amide bonds. The number of nitrogens with zero attached hydrogens (tertiary/aromatic N) is 4. The number of alkyl halides is 3. The molecule has 1 aromatic carbocycles. The van der Waals surface area contributed by atoms with Crippen molar-refractivity contribution < 1.29 is 18.0 Å². The Morgan fingerprint density at radius 1 is 1.06 bits per heavy atom. The molecule has 0 bridgehead atoms. The SMILES string of the molecule is CNc1cc(Nc2ccccc2)c2ncc(C(=O)Nc3ccncc3C(F)(F)F)n2n1. The number of para-hydroxylation sites is 1. The number of carbonyl (C=O) groups is 1. The van der Waals surface area contributed by atoms with Crippen LogP contribution in [0.1, 0.15) is 16.1 Å². The summed E-state index contributed by atoms with van der Waals surface area (Å²) in [4.78, 5) is 20.5. The molecule has 3 N–H and O–H groups in total. The van der Waals surface area contributed by atoms with Gasteiger partial charge >= 0.3 is 6.18 Å². The monoisotopic (exact) mass is 427 g/mol. The molecule has 3 aromatic heterocycles. The van der Waals surface area contributed by atoms with Crippen molar-refractivity contribution in [1.82, 2.24) is 19.6 Å². The first kappa shape index (κ1) is 20.1. The van der Waals surface area contributed by atoms with E-state index in [0.717, 1.165) is 11.8 Å². The number of nitrogens with one attached hydrogen (secondary N) is 3. The summed E-state index contributed by atoms with van der Waals surface area (Å²) in [5.74, 6) is -0.367. The number of aromatic nitrogens is 4. The second kappa shape index (κ2) is 7.94. The van der Waals surface area contributed by atoms with E-state index in [-0.39, 0.29) is 5.69 Å². The predicted molar refractivity (Wildman–Crippen MR) is 109 cm³/mol. The predicted octanol–water partition coefficient (Wildman–Crippen LogP) is 4.18. The van der Waals surface area contributed by atoms with Gasteiger partial charge in [0.2, 0.25) is 0 Å². The molecular formula is C20H16F3N7O. The van der Waals surface area contributed by atoms with Crippen molar-refractivity contribution >= 4 is 34.4 Å². The third-order valence-electron chi connectivity index (χ3n) is 4.38. The first-order chi connectivity index (χ1) is 14.9. The summed E-state index contributed by atoms with van der Waals surface area (Å²) in [6.07, 6.45) is -1.59. The quantitative estimate of drug-likeness (QED) is 0.442. The minimum absolute atomic E-state index is 0.0341. The van der Waals surface area contributed by atoms with Crippen LogP contribution in [0, 0.1) is 0 Å². The van der Waals surface area contributed by atoms with Crippen molar-refractivity contribution in [2.24, 2.45) is 0 Å². The average Bonchev–Trinajstić information content (AvgIpc) is 3.18. The van der Waals surface area contributed by atoms with E-state index in [1.54, 1.807) is 13.1 Å². The average molecular weight is 427 g/mol. The molecule has 31 heavy (non-hydrogen) atoms. The van der Waals surface area contributed by atoms with Crippen LogP contribution in [0.2, 0.25) is 0 Å². The molecule has 0 aliphatic heterocycles. The van der Waals surface area contributed by atoms with E-state index < -0.39 is 23.3 Å². The smallest absolute Gasteiger partial charge is 0.372 e. The summed E-state index contributed by atoms with van der Waals surface area (Å²) in [5, 5.41) is 12.7. The number of halogens is 3. The van der Waals surface area contributed by atoms with Gasteiger partial charge in [-0.05, 0) is 18.2 Å². The highest BCUT2D eigenvalue weighted by Gasteiger charge is 2.34. The lowest BCUT2D eigenvalue weighted by molar-refractivity contribution is -0.137. The van der Waals surface area contributed by atoms with Crippen LogP contribution in [0.3, 0.4) is 0 Å². The third kappa shape index (κ3) is 4.10. The maximum atomic E-state index is 13.2. The molecule has 0 aliphatic rings. The lowest BCUT2D eigenvalue weighted by atomic mass is 10.2. The van der Waals surface area contributed by atoms with Crippen molar-refractivity contribution in [2.45, 2.75) is 6.18 Å². The number of carbonyl (C=O) groups excluding carboxylic acids is 1.